The number of nitrogens with zero attached hydrogens (tertiary/aromatic N) is 4. The summed E-state index contributed by atoms with van der Waals surface area (Å²) in [7, 11) is 0. The molecule has 0 aliphatic rings. The van der Waals surface area contributed by atoms with Gasteiger partial charge in [0.25, 0.3) is 0 Å². The van der Waals surface area contributed by atoms with E-state index in [9.17, 15) is 0 Å². The molecule has 0 unspecified atom stereocenters. The molecule has 2 aromatic heterocycles. The second kappa shape index (κ2) is 6.17. The third-order valence-corrected chi connectivity index (χ3v) is 3.31. The zero-order valence-corrected chi connectivity index (χ0v) is 12.9. The lowest BCUT2D eigenvalue weighted by atomic mass is 10.2. The Labute approximate surface area is 119 Å². The van der Waals surface area contributed by atoms with Crippen LogP contribution in [0, 0.1) is 13.8 Å². The molecule has 0 bridgehead atoms. The van der Waals surface area contributed by atoms with E-state index < -0.39 is 0 Å². The lowest BCUT2D eigenvalue weighted by molar-refractivity contribution is 0.430. The Kier molecular flexibility index (Phi) is 4.54. The van der Waals surface area contributed by atoms with Crippen molar-refractivity contribution >= 4 is 0 Å². The lowest BCUT2D eigenvalue weighted by Crippen LogP contribution is -2.22. The fraction of sp³-hybridized carbons (Fsp3) is 0.643. The predicted octanol–water partition coefficient (Wildman–Crippen LogP) is 1.99. The van der Waals surface area contributed by atoms with Gasteiger partial charge in [0.05, 0.1) is 5.69 Å². The number of nitrogens with one attached hydrogen (secondary N) is 1. The van der Waals surface area contributed by atoms with Crippen LogP contribution in [0.15, 0.2) is 4.42 Å². The Morgan fingerprint density at radius 3 is 2.50 bits per heavy atom. The first-order chi connectivity index (χ1) is 9.51. The Morgan fingerprint density at radius 2 is 1.90 bits per heavy atom. The first kappa shape index (κ1) is 14.7. The van der Waals surface area contributed by atoms with E-state index in [0.717, 1.165) is 24.4 Å². The Bertz CT molecular complexity index is 570. The van der Waals surface area contributed by atoms with E-state index >= 15 is 0 Å². The van der Waals surface area contributed by atoms with Crippen LogP contribution in [0.1, 0.15) is 49.5 Å². The normalized spacial score (nSPS) is 11.5. The lowest BCUT2D eigenvalue weighted by Gasteiger charge is -2.08. The van der Waals surface area contributed by atoms with Crippen molar-refractivity contribution in [1.29, 1.82) is 0 Å². The predicted molar refractivity (Wildman–Crippen MR) is 76.5 cm³/mol. The highest BCUT2D eigenvalue weighted by atomic mass is 16.4. The van der Waals surface area contributed by atoms with Crippen LogP contribution in [0.4, 0.5) is 0 Å². The summed E-state index contributed by atoms with van der Waals surface area (Å²) in [6.45, 7) is 11.7. The van der Waals surface area contributed by atoms with E-state index in [1.807, 2.05) is 18.5 Å². The first-order valence-corrected chi connectivity index (χ1v) is 7.08. The molecule has 1 N–H and O–H groups in total. The molecule has 0 radical (unpaired) electrons. The summed E-state index contributed by atoms with van der Waals surface area (Å²) < 4.78 is 7.47. The summed E-state index contributed by atoms with van der Waals surface area (Å²) in [5.74, 6) is 1.28. The van der Waals surface area contributed by atoms with Crippen molar-refractivity contribution in [2.75, 3.05) is 0 Å². The largest absolute Gasteiger partial charge is 0.423 e. The fourth-order valence-electron chi connectivity index (χ4n) is 2.07. The molecule has 2 aromatic rings. The van der Waals surface area contributed by atoms with E-state index in [-0.39, 0.29) is 0 Å². The molecule has 2 heterocycles. The zero-order valence-electron chi connectivity index (χ0n) is 12.9. The van der Waals surface area contributed by atoms with Gasteiger partial charge in [-0.1, -0.05) is 20.8 Å². The van der Waals surface area contributed by atoms with E-state index in [4.69, 9.17) is 4.42 Å². The average molecular weight is 277 g/mol. The quantitative estimate of drug-likeness (QED) is 0.874. The Morgan fingerprint density at radius 1 is 1.20 bits per heavy atom. The minimum atomic E-state index is 0.459. The molecule has 0 aliphatic carbocycles. The van der Waals surface area contributed by atoms with E-state index in [0.29, 0.717) is 24.4 Å². The van der Waals surface area contributed by atoms with Crippen LogP contribution in [0.5, 0.6) is 0 Å². The van der Waals surface area contributed by atoms with Gasteiger partial charge in [0.2, 0.25) is 11.8 Å². The van der Waals surface area contributed by atoms with Crippen LogP contribution >= 0.6 is 0 Å². The van der Waals surface area contributed by atoms with Crippen molar-refractivity contribution in [2.45, 2.75) is 60.2 Å². The molecule has 0 saturated carbocycles. The number of rotatable bonds is 6. The Balaban J connectivity index is 2.14. The van der Waals surface area contributed by atoms with Gasteiger partial charge in [-0.3, -0.25) is 4.68 Å². The van der Waals surface area contributed by atoms with Crippen LogP contribution in [0.3, 0.4) is 0 Å². The van der Waals surface area contributed by atoms with E-state index in [2.05, 4.69) is 41.4 Å². The molecule has 6 nitrogen and oxygen atoms in total. The van der Waals surface area contributed by atoms with Gasteiger partial charge in [-0.2, -0.15) is 5.10 Å². The molecule has 0 fully saturated rings. The minimum Gasteiger partial charge on any atom is -0.423 e. The highest BCUT2D eigenvalue weighted by Crippen LogP contribution is 2.14. The van der Waals surface area contributed by atoms with Crippen LogP contribution < -0.4 is 5.32 Å². The SMILES string of the molecule is CCc1nnc(Cn2nc(C)c(CNC(C)C)c2C)o1. The van der Waals surface area contributed by atoms with Gasteiger partial charge < -0.3 is 9.73 Å². The van der Waals surface area contributed by atoms with Crippen LogP contribution in [-0.4, -0.2) is 26.0 Å². The van der Waals surface area contributed by atoms with Crippen LogP contribution in [0.2, 0.25) is 0 Å². The standard InChI is InChI=1S/C14H23N5O/c1-6-13-16-17-14(20-13)8-19-11(5)12(10(4)18-19)7-15-9(2)3/h9,15H,6-8H2,1-5H3. The third-order valence-electron chi connectivity index (χ3n) is 3.31. The monoisotopic (exact) mass is 277 g/mol. The topological polar surface area (TPSA) is 68.8 Å². The molecule has 20 heavy (non-hydrogen) atoms. The van der Waals surface area contributed by atoms with Gasteiger partial charge in [-0.15, -0.1) is 10.2 Å². The van der Waals surface area contributed by atoms with Gasteiger partial charge in [-0.05, 0) is 13.8 Å². The zero-order chi connectivity index (χ0) is 14.7. The van der Waals surface area contributed by atoms with Gasteiger partial charge in [0.15, 0.2) is 0 Å². The van der Waals surface area contributed by atoms with Crippen molar-refractivity contribution in [3.8, 4) is 0 Å². The maximum absolute atomic E-state index is 5.54. The molecule has 0 atom stereocenters. The molecule has 0 saturated heterocycles. The molecular weight excluding hydrogens is 254 g/mol. The summed E-state index contributed by atoms with van der Waals surface area (Å²) in [5, 5.41) is 16.0. The number of aryl methyl sites for hydroxylation is 2. The van der Waals surface area contributed by atoms with E-state index in [1.54, 1.807) is 0 Å². The van der Waals surface area contributed by atoms with Crippen molar-refractivity contribution in [1.82, 2.24) is 25.3 Å². The second-order valence-electron chi connectivity index (χ2n) is 5.29. The molecule has 110 valence electrons. The van der Waals surface area contributed by atoms with Crippen LogP contribution in [0.25, 0.3) is 0 Å². The van der Waals surface area contributed by atoms with Crippen molar-refractivity contribution in [2.24, 2.45) is 0 Å². The molecular formula is C14H23N5O. The van der Waals surface area contributed by atoms with Gasteiger partial charge >= 0.3 is 0 Å². The van der Waals surface area contributed by atoms with Crippen molar-refractivity contribution < 1.29 is 4.42 Å². The molecule has 0 spiro atoms. The molecule has 0 aliphatic heterocycles. The van der Waals surface area contributed by atoms with E-state index in [1.165, 1.54) is 5.56 Å². The summed E-state index contributed by atoms with van der Waals surface area (Å²) in [4.78, 5) is 0. The molecule has 0 amide bonds. The second-order valence-corrected chi connectivity index (χ2v) is 5.29. The maximum atomic E-state index is 5.54. The third kappa shape index (κ3) is 3.25. The highest BCUT2D eigenvalue weighted by Gasteiger charge is 2.14. The average Bonchev–Trinajstić information content (AvgIpc) is 2.94. The Hall–Kier alpha value is -1.69. The summed E-state index contributed by atoms with van der Waals surface area (Å²) in [6, 6.07) is 0.459. The molecule has 2 rings (SSSR count). The van der Waals surface area contributed by atoms with Crippen LogP contribution in [-0.2, 0) is 19.5 Å². The minimum absolute atomic E-state index is 0.459. The van der Waals surface area contributed by atoms with Gasteiger partial charge in [-0.25, -0.2) is 0 Å². The highest BCUT2D eigenvalue weighted by molar-refractivity contribution is 5.24. The van der Waals surface area contributed by atoms with Crippen molar-refractivity contribution in [3.63, 3.8) is 0 Å². The molecule has 6 heteroatoms. The smallest absolute Gasteiger partial charge is 0.237 e. The van der Waals surface area contributed by atoms with Gasteiger partial charge in [0.1, 0.15) is 6.54 Å². The number of hydrogen-bond acceptors (Lipinski definition) is 5. The van der Waals surface area contributed by atoms with Gasteiger partial charge in [0, 0.05) is 30.3 Å². The van der Waals surface area contributed by atoms with Crippen molar-refractivity contribution in [3.05, 3.63) is 28.7 Å². The maximum Gasteiger partial charge on any atom is 0.237 e. The number of aromatic nitrogens is 4. The summed E-state index contributed by atoms with van der Waals surface area (Å²) in [5.41, 5.74) is 3.44. The molecule has 0 aromatic carbocycles. The first-order valence-electron chi connectivity index (χ1n) is 7.08. The fourth-order valence-corrected chi connectivity index (χ4v) is 2.07. The number of hydrogen-bond donors (Lipinski definition) is 1. The summed E-state index contributed by atoms with van der Waals surface area (Å²) in [6.07, 6.45) is 0.758. The summed E-state index contributed by atoms with van der Waals surface area (Å²) >= 11 is 0.